The van der Waals surface area contributed by atoms with Crippen LogP contribution in [0.5, 0.6) is 0 Å². The normalized spacial score (nSPS) is 32.8. The van der Waals surface area contributed by atoms with Crippen LogP contribution in [0.4, 0.5) is 5.69 Å². The van der Waals surface area contributed by atoms with Crippen molar-refractivity contribution in [2.75, 3.05) is 19.0 Å². The molecule has 0 spiro atoms. The number of nitrogens with zero attached hydrogens (tertiary/aromatic N) is 2. The molecule has 1 aromatic carbocycles. The van der Waals surface area contributed by atoms with Crippen molar-refractivity contribution in [2.24, 2.45) is 11.8 Å². The van der Waals surface area contributed by atoms with Crippen molar-refractivity contribution in [3.63, 3.8) is 0 Å². The molecule has 0 saturated heterocycles. The third kappa shape index (κ3) is 3.95. The summed E-state index contributed by atoms with van der Waals surface area (Å²) >= 11 is 3.70. The van der Waals surface area contributed by atoms with Crippen LogP contribution in [-0.4, -0.2) is 41.8 Å². The number of carbonyl (C=O) groups excluding carboxylic acids is 1. The second-order valence-electron chi connectivity index (χ2n) is 8.00. The smallest absolute Gasteiger partial charge is 0.230 e. The second kappa shape index (κ2) is 8.22. The molecule has 5 atom stereocenters. The van der Waals surface area contributed by atoms with Crippen molar-refractivity contribution >= 4 is 27.5 Å². The molecule has 5 unspecified atom stereocenters. The predicted molar refractivity (Wildman–Crippen MR) is 108 cm³/mol. The summed E-state index contributed by atoms with van der Waals surface area (Å²) in [7, 11) is 4.33. The van der Waals surface area contributed by atoms with Crippen molar-refractivity contribution in [1.82, 2.24) is 4.90 Å². The number of hydrogen-bond donors (Lipinski definition) is 0. The van der Waals surface area contributed by atoms with Gasteiger partial charge < -0.3 is 9.80 Å². The molecular formula is C21H31BrN2O. The summed E-state index contributed by atoms with van der Waals surface area (Å²) in [5, 5.41) is 0. The number of halogens is 1. The lowest BCUT2D eigenvalue weighted by atomic mass is 9.73. The van der Waals surface area contributed by atoms with Gasteiger partial charge in [-0.25, -0.2) is 0 Å². The number of carbonyl (C=O) groups is 1. The average Bonchev–Trinajstić information content (AvgIpc) is 2.86. The number of amides is 1. The van der Waals surface area contributed by atoms with Crippen LogP contribution in [-0.2, 0) is 4.79 Å². The van der Waals surface area contributed by atoms with Gasteiger partial charge in [0.1, 0.15) is 0 Å². The van der Waals surface area contributed by atoms with E-state index in [4.69, 9.17) is 0 Å². The summed E-state index contributed by atoms with van der Waals surface area (Å²) in [5.41, 5.74) is 1.07. The first kappa shape index (κ1) is 18.9. The zero-order valence-electron chi connectivity index (χ0n) is 15.7. The Bertz CT molecular complexity index is 577. The Morgan fingerprint density at radius 3 is 2.24 bits per heavy atom. The average molecular weight is 407 g/mol. The Morgan fingerprint density at radius 2 is 1.68 bits per heavy atom. The van der Waals surface area contributed by atoms with Crippen molar-refractivity contribution < 1.29 is 4.79 Å². The Kier molecular flexibility index (Phi) is 6.21. The van der Waals surface area contributed by atoms with Crippen LogP contribution in [0.15, 0.2) is 30.3 Å². The highest BCUT2D eigenvalue weighted by molar-refractivity contribution is 9.09. The van der Waals surface area contributed by atoms with E-state index < -0.39 is 0 Å². The van der Waals surface area contributed by atoms with Crippen LogP contribution in [0.1, 0.15) is 45.4 Å². The number of para-hydroxylation sites is 1. The highest BCUT2D eigenvalue weighted by atomic mass is 79.9. The quantitative estimate of drug-likeness (QED) is 0.534. The van der Waals surface area contributed by atoms with E-state index >= 15 is 0 Å². The Hall–Kier alpha value is -0.870. The van der Waals surface area contributed by atoms with Gasteiger partial charge in [0.25, 0.3) is 0 Å². The highest BCUT2D eigenvalue weighted by Crippen LogP contribution is 2.42. The highest BCUT2D eigenvalue weighted by Gasteiger charge is 2.45. The van der Waals surface area contributed by atoms with Gasteiger partial charge in [-0.2, -0.15) is 0 Å². The number of hydrogen-bond acceptors (Lipinski definition) is 2. The first-order chi connectivity index (χ1) is 12.0. The van der Waals surface area contributed by atoms with Crippen molar-refractivity contribution in [2.45, 2.75) is 62.4 Å². The maximum absolute atomic E-state index is 13.5. The molecular weight excluding hydrogens is 376 g/mol. The monoisotopic (exact) mass is 406 g/mol. The summed E-state index contributed by atoms with van der Waals surface area (Å²) in [6, 6.07) is 11.0. The van der Waals surface area contributed by atoms with Gasteiger partial charge in [-0.1, -0.05) is 60.3 Å². The van der Waals surface area contributed by atoms with E-state index in [1.54, 1.807) is 0 Å². The van der Waals surface area contributed by atoms with E-state index in [2.05, 4.69) is 71.0 Å². The third-order valence-electron chi connectivity index (χ3n) is 6.21. The van der Waals surface area contributed by atoms with Crippen molar-refractivity contribution in [3.05, 3.63) is 30.3 Å². The topological polar surface area (TPSA) is 23.6 Å². The summed E-state index contributed by atoms with van der Waals surface area (Å²) in [4.78, 5) is 18.5. The summed E-state index contributed by atoms with van der Waals surface area (Å²) in [6.45, 7) is 2.20. The minimum absolute atomic E-state index is 0.149. The van der Waals surface area contributed by atoms with Crippen molar-refractivity contribution in [3.8, 4) is 0 Å². The van der Waals surface area contributed by atoms with Gasteiger partial charge in [0, 0.05) is 22.5 Å². The van der Waals surface area contributed by atoms with Crippen LogP contribution in [0.2, 0.25) is 0 Å². The molecule has 138 valence electrons. The molecule has 0 bridgehead atoms. The Morgan fingerprint density at radius 1 is 1.04 bits per heavy atom. The predicted octanol–water partition coefficient (Wildman–Crippen LogP) is 4.70. The number of alkyl halides is 1. The van der Waals surface area contributed by atoms with Crippen LogP contribution < -0.4 is 4.90 Å². The van der Waals surface area contributed by atoms with Crippen LogP contribution in [0, 0.1) is 11.8 Å². The minimum atomic E-state index is 0.149. The third-order valence-corrected chi connectivity index (χ3v) is 7.42. The molecule has 2 aliphatic carbocycles. The number of rotatable bonds is 4. The first-order valence-electron chi connectivity index (χ1n) is 9.69. The van der Waals surface area contributed by atoms with E-state index in [1.165, 1.54) is 25.7 Å². The largest absolute Gasteiger partial charge is 0.308 e. The van der Waals surface area contributed by atoms with Crippen LogP contribution >= 0.6 is 15.9 Å². The van der Waals surface area contributed by atoms with Gasteiger partial charge in [0.15, 0.2) is 0 Å². The first-order valence-corrected chi connectivity index (χ1v) is 10.6. The van der Waals surface area contributed by atoms with Gasteiger partial charge in [0.2, 0.25) is 5.91 Å². The Balaban J connectivity index is 1.94. The molecule has 0 aromatic heterocycles. The molecule has 0 aliphatic heterocycles. The molecule has 4 heteroatoms. The molecule has 25 heavy (non-hydrogen) atoms. The molecule has 3 rings (SSSR count). The van der Waals surface area contributed by atoms with Gasteiger partial charge >= 0.3 is 0 Å². The summed E-state index contributed by atoms with van der Waals surface area (Å²) < 4.78 is 0. The van der Waals surface area contributed by atoms with E-state index in [0.717, 1.165) is 18.5 Å². The molecule has 0 N–H and O–H groups in total. The zero-order chi connectivity index (χ0) is 18.0. The van der Waals surface area contributed by atoms with Gasteiger partial charge in [-0.05, 0) is 51.4 Å². The lowest BCUT2D eigenvalue weighted by Gasteiger charge is -2.45. The molecule has 3 nitrogen and oxygen atoms in total. The number of benzene rings is 1. The maximum Gasteiger partial charge on any atom is 0.230 e. The van der Waals surface area contributed by atoms with E-state index in [9.17, 15) is 4.79 Å². The fourth-order valence-corrected chi connectivity index (χ4v) is 5.25. The lowest BCUT2D eigenvalue weighted by Crippen LogP contribution is -2.56. The minimum Gasteiger partial charge on any atom is -0.308 e. The van der Waals surface area contributed by atoms with Crippen molar-refractivity contribution in [1.29, 1.82) is 0 Å². The molecule has 0 radical (unpaired) electrons. The van der Waals surface area contributed by atoms with Gasteiger partial charge in [-0.15, -0.1) is 0 Å². The molecule has 0 heterocycles. The summed E-state index contributed by atoms with van der Waals surface area (Å²) in [6.07, 6.45) is 6.99. The number of likely N-dealkylation sites (N-methyl/N-ethyl adjacent to an activating group) is 1. The standard InChI is InChI=1S/C21H31BrN2O/c1-15-17(14-18(15)22)21(25)24(16-10-6-4-7-11-16)20-13-9-5-8-12-19(20)23(2)3/h4,6-7,10-11,15,17-20H,5,8-9,12-14H2,1-3H3. The van der Waals surface area contributed by atoms with Crippen LogP contribution in [0.3, 0.4) is 0 Å². The Labute approximate surface area is 160 Å². The van der Waals surface area contributed by atoms with E-state index in [0.29, 0.717) is 22.7 Å². The second-order valence-corrected chi connectivity index (χ2v) is 9.17. The molecule has 1 aromatic rings. The fraction of sp³-hybridized carbons (Fsp3) is 0.667. The molecule has 1 amide bonds. The maximum atomic E-state index is 13.5. The molecule has 2 saturated carbocycles. The molecule has 2 aliphatic rings. The molecule has 2 fully saturated rings. The fourth-order valence-electron chi connectivity index (χ4n) is 4.48. The lowest BCUT2D eigenvalue weighted by molar-refractivity contribution is -0.127. The van der Waals surface area contributed by atoms with E-state index in [-0.39, 0.29) is 12.0 Å². The van der Waals surface area contributed by atoms with E-state index in [1.807, 2.05) is 6.07 Å². The zero-order valence-corrected chi connectivity index (χ0v) is 17.3. The number of anilines is 1. The van der Waals surface area contributed by atoms with Crippen LogP contribution in [0.25, 0.3) is 0 Å². The SMILES string of the molecule is CC1C(Br)CC1C(=O)N(c1ccccc1)C1CCCCCC1N(C)C. The summed E-state index contributed by atoms with van der Waals surface area (Å²) in [5.74, 6) is 0.895. The van der Waals surface area contributed by atoms with Gasteiger partial charge in [0.05, 0.1) is 6.04 Å². The van der Waals surface area contributed by atoms with Gasteiger partial charge in [-0.3, -0.25) is 4.79 Å².